The van der Waals surface area contributed by atoms with Gasteiger partial charge in [0.1, 0.15) is 17.1 Å². The fraction of sp³-hybridized carbons (Fsp3) is 0.118. The predicted molar refractivity (Wildman–Crippen MR) is 95.4 cm³/mol. The average Bonchev–Trinajstić information content (AvgIpc) is 2.90. The van der Waals surface area contributed by atoms with Crippen molar-refractivity contribution in [3.05, 3.63) is 64.0 Å². The number of rotatable bonds is 3. The van der Waals surface area contributed by atoms with E-state index in [0.717, 1.165) is 4.47 Å². The number of hydrazone groups is 1. The molecule has 0 unspecified atom stereocenters. The monoisotopic (exact) mass is 386 g/mol. The van der Waals surface area contributed by atoms with Crippen LogP contribution in [-0.4, -0.2) is 26.1 Å². The number of aromatic nitrogens is 2. The first kappa shape index (κ1) is 16.2. The Bertz CT molecular complexity index is 962. The van der Waals surface area contributed by atoms with Gasteiger partial charge in [-0.25, -0.2) is 10.4 Å². The van der Waals surface area contributed by atoms with Gasteiger partial charge in [0.05, 0.1) is 11.4 Å². The number of nitrogens with zero attached hydrogens (tertiary/aromatic N) is 3. The molecule has 24 heavy (non-hydrogen) atoms. The van der Waals surface area contributed by atoms with Gasteiger partial charge in [-0.2, -0.15) is 5.10 Å². The zero-order valence-corrected chi connectivity index (χ0v) is 14.7. The number of hydrogen-bond acceptors (Lipinski definition) is 4. The van der Waals surface area contributed by atoms with Crippen LogP contribution in [0, 0.1) is 6.92 Å². The number of hydrogen-bond donors (Lipinski definition) is 2. The van der Waals surface area contributed by atoms with Gasteiger partial charge in [0.25, 0.3) is 5.91 Å². The highest BCUT2D eigenvalue weighted by molar-refractivity contribution is 9.10. The van der Waals surface area contributed by atoms with E-state index in [9.17, 15) is 9.90 Å². The zero-order chi connectivity index (χ0) is 17.3. The third kappa shape index (κ3) is 3.03. The quantitative estimate of drug-likeness (QED) is 0.535. The maximum Gasteiger partial charge on any atom is 0.290 e. The van der Waals surface area contributed by atoms with Crippen molar-refractivity contribution in [1.29, 1.82) is 0 Å². The van der Waals surface area contributed by atoms with Crippen molar-refractivity contribution in [2.24, 2.45) is 5.10 Å². The number of fused-ring (bicyclic) bond motifs is 1. The van der Waals surface area contributed by atoms with Crippen LogP contribution in [0.2, 0.25) is 0 Å². The molecule has 0 saturated carbocycles. The molecule has 0 saturated heterocycles. The lowest BCUT2D eigenvalue weighted by Gasteiger charge is -2.06. The fourth-order valence-electron chi connectivity index (χ4n) is 2.43. The lowest BCUT2D eigenvalue weighted by atomic mass is 10.1. The zero-order valence-electron chi connectivity index (χ0n) is 13.1. The number of pyridine rings is 1. The third-order valence-corrected chi connectivity index (χ3v) is 4.09. The smallest absolute Gasteiger partial charge is 0.290 e. The molecule has 1 amide bonds. The Hall–Kier alpha value is -2.67. The van der Waals surface area contributed by atoms with E-state index in [1.165, 1.54) is 0 Å². The molecule has 0 aliphatic heterocycles. The molecule has 1 aromatic carbocycles. The minimum absolute atomic E-state index is 0.0969. The van der Waals surface area contributed by atoms with Gasteiger partial charge in [-0.3, -0.25) is 9.20 Å². The highest BCUT2D eigenvalue weighted by Gasteiger charge is 2.16. The Labute approximate surface area is 147 Å². The number of amides is 1. The van der Waals surface area contributed by atoms with E-state index in [0.29, 0.717) is 28.3 Å². The van der Waals surface area contributed by atoms with Crippen molar-refractivity contribution in [2.45, 2.75) is 13.8 Å². The molecule has 7 heteroatoms. The van der Waals surface area contributed by atoms with Crippen molar-refractivity contribution < 1.29 is 9.90 Å². The summed E-state index contributed by atoms with van der Waals surface area (Å²) in [6.07, 6.45) is 1.78. The highest BCUT2D eigenvalue weighted by Crippen LogP contribution is 2.22. The minimum atomic E-state index is -0.361. The summed E-state index contributed by atoms with van der Waals surface area (Å²) in [5, 5.41) is 14.0. The number of aryl methyl sites for hydroxylation is 1. The Morgan fingerprint density at radius 2 is 2.12 bits per heavy atom. The molecule has 0 bridgehead atoms. The predicted octanol–water partition coefficient (Wildman–Crippen LogP) is 3.26. The number of benzene rings is 1. The van der Waals surface area contributed by atoms with E-state index in [4.69, 9.17) is 0 Å². The van der Waals surface area contributed by atoms with Gasteiger partial charge in [-0.1, -0.05) is 22.0 Å². The Morgan fingerprint density at radius 1 is 1.33 bits per heavy atom. The molecule has 0 fully saturated rings. The molecular formula is C17H15BrN4O2. The van der Waals surface area contributed by atoms with Crippen molar-refractivity contribution in [3.8, 4) is 5.75 Å². The van der Waals surface area contributed by atoms with Gasteiger partial charge in [0, 0.05) is 16.2 Å². The topological polar surface area (TPSA) is 79.0 Å². The minimum Gasteiger partial charge on any atom is -0.507 e. The van der Waals surface area contributed by atoms with Crippen molar-refractivity contribution in [3.63, 3.8) is 0 Å². The summed E-state index contributed by atoms with van der Waals surface area (Å²) in [5.74, 6) is -0.264. The standard InChI is InChI=1S/C17H15BrN4O2/c1-10(13-9-12(18)6-7-14(13)23)20-21-17(24)16-11(2)19-15-5-3-4-8-22(15)16/h3-9,23H,1-2H3,(H,21,24)/b20-10+. The van der Waals surface area contributed by atoms with Crippen LogP contribution in [-0.2, 0) is 0 Å². The molecule has 2 N–H and O–H groups in total. The second-order valence-corrected chi connectivity index (χ2v) is 6.19. The lowest BCUT2D eigenvalue weighted by Crippen LogP contribution is -2.22. The number of phenolic OH excluding ortho intramolecular Hbond substituents is 1. The maximum atomic E-state index is 12.5. The molecule has 2 heterocycles. The van der Waals surface area contributed by atoms with E-state index in [2.05, 4.69) is 31.4 Å². The number of imidazole rings is 1. The van der Waals surface area contributed by atoms with Crippen molar-refractivity contribution in [1.82, 2.24) is 14.8 Å². The number of nitrogens with one attached hydrogen (secondary N) is 1. The van der Waals surface area contributed by atoms with Crippen LogP contribution in [0.25, 0.3) is 5.65 Å². The third-order valence-electron chi connectivity index (χ3n) is 3.59. The Balaban J connectivity index is 1.89. The largest absolute Gasteiger partial charge is 0.507 e. The van der Waals surface area contributed by atoms with Crippen LogP contribution in [0.4, 0.5) is 0 Å². The summed E-state index contributed by atoms with van der Waals surface area (Å²) >= 11 is 3.35. The van der Waals surface area contributed by atoms with E-state index in [-0.39, 0.29) is 11.7 Å². The molecule has 6 nitrogen and oxygen atoms in total. The average molecular weight is 387 g/mol. The molecular weight excluding hydrogens is 372 g/mol. The summed E-state index contributed by atoms with van der Waals surface area (Å²) in [7, 11) is 0. The molecule has 3 aromatic rings. The SMILES string of the molecule is C/C(=N\NC(=O)c1c(C)nc2ccccn12)c1cc(Br)ccc1O. The summed E-state index contributed by atoms with van der Waals surface area (Å²) in [5.41, 5.74) is 5.31. The van der Waals surface area contributed by atoms with Crippen molar-refractivity contribution >= 4 is 33.2 Å². The fourth-order valence-corrected chi connectivity index (χ4v) is 2.79. The van der Waals surface area contributed by atoms with Crippen LogP contribution in [0.3, 0.4) is 0 Å². The van der Waals surface area contributed by atoms with Crippen LogP contribution in [0.15, 0.2) is 52.2 Å². The van der Waals surface area contributed by atoms with Gasteiger partial charge < -0.3 is 5.11 Å². The molecule has 0 atom stereocenters. The number of aromatic hydroxyl groups is 1. The van der Waals surface area contributed by atoms with E-state index in [1.807, 2.05) is 18.2 Å². The number of phenols is 1. The summed E-state index contributed by atoms with van der Waals surface area (Å²) in [6, 6.07) is 10.6. The van der Waals surface area contributed by atoms with Crippen molar-refractivity contribution in [2.75, 3.05) is 0 Å². The van der Waals surface area contributed by atoms with E-state index >= 15 is 0 Å². The molecule has 122 valence electrons. The lowest BCUT2D eigenvalue weighted by molar-refractivity contribution is 0.0948. The maximum absolute atomic E-state index is 12.5. The second kappa shape index (κ2) is 6.45. The first-order chi connectivity index (χ1) is 11.5. The Morgan fingerprint density at radius 3 is 2.92 bits per heavy atom. The first-order valence-electron chi connectivity index (χ1n) is 7.24. The van der Waals surface area contributed by atoms with Gasteiger partial charge in [-0.05, 0) is 44.2 Å². The van der Waals surface area contributed by atoms with Crippen LogP contribution in [0.5, 0.6) is 5.75 Å². The van der Waals surface area contributed by atoms with Crippen LogP contribution < -0.4 is 5.43 Å². The number of carbonyl (C=O) groups is 1. The van der Waals surface area contributed by atoms with Crippen LogP contribution >= 0.6 is 15.9 Å². The summed E-state index contributed by atoms with van der Waals surface area (Å²) in [4.78, 5) is 16.8. The first-order valence-corrected chi connectivity index (χ1v) is 8.04. The van der Waals surface area contributed by atoms with Crippen LogP contribution in [0.1, 0.15) is 28.7 Å². The van der Waals surface area contributed by atoms with E-state index in [1.54, 1.807) is 42.6 Å². The number of carbonyl (C=O) groups excluding carboxylic acids is 1. The molecule has 0 radical (unpaired) electrons. The summed E-state index contributed by atoms with van der Waals surface area (Å²) < 4.78 is 2.53. The molecule has 0 aliphatic rings. The molecule has 0 aliphatic carbocycles. The van der Waals surface area contributed by atoms with Gasteiger partial charge in [-0.15, -0.1) is 0 Å². The number of halogens is 1. The summed E-state index contributed by atoms with van der Waals surface area (Å²) in [6.45, 7) is 3.49. The normalized spacial score (nSPS) is 11.7. The molecule has 0 spiro atoms. The van der Waals surface area contributed by atoms with E-state index < -0.39 is 0 Å². The molecule has 2 aromatic heterocycles. The molecule has 3 rings (SSSR count). The highest BCUT2D eigenvalue weighted by atomic mass is 79.9. The van der Waals surface area contributed by atoms with Gasteiger partial charge >= 0.3 is 0 Å². The second-order valence-electron chi connectivity index (χ2n) is 5.27. The van der Waals surface area contributed by atoms with Gasteiger partial charge in [0.2, 0.25) is 0 Å². The van der Waals surface area contributed by atoms with Gasteiger partial charge in [0.15, 0.2) is 0 Å². The Kier molecular flexibility index (Phi) is 4.35.